The normalized spacial score (nSPS) is 11.8. The maximum atomic E-state index is 5.68. The van der Waals surface area contributed by atoms with Crippen LogP contribution in [0.25, 0.3) is 0 Å². The fourth-order valence-electron chi connectivity index (χ4n) is 1.61. The van der Waals surface area contributed by atoms with Gasteiger partial charge in [0.1, 0.15) is 0 Å². The summed E-state index contributed by atoms with van der Waals surface area (Å²) < 4.78 is 0. The Hall–Kier alpha value is -0.860. The van der Waals surface area contributed by atoms with E-state index in [2.05, 4.69) is 50.4 Å². The number of nitrogens with two attached hydrogens (primary N) is 1. The lowest BCUT2D eigenvalue weighted by Crippen LogP contribution is -2.36. The molecule has 2 heteroatoms. The number of aryl methyl sites for hydroxylation is 1. The van der Waals surface area contributed by atoms with Gasteiger partial charge in [-0.3, -0.25) is 0 Å². The number of hydrogen-bond acceptors (Lipinski definition) is 2. The van der Waals surface area contributed by atoms with E-state index in [1.54, 1.807) is 0 Å². The third-order valence-electron chi connectivity index (χ3n) is 2.99. The third-order valence-corrected chi connectivity index (χ3v) is 2.99. The lowest BCUT2D eigenvalue weighted by Gasteiger charge is -2.22. The molecule has 0 radical (unpaired) electrons. The van der Waals surface area contributed by atoms with Gasteiger partial charge in [0.15, 0.2) is 0 Å². The van der Waals surface area contributed by atoms with Crippen molar-refractivity contribution in [2.24, 2.45) is 11.1 Å². The number of benzene rings is 1. The fourth-order valence-corrected chi connectivity index (χ4v) is 1.61. The minimum Gasteiger partial charge on any atom is -0.330 e. The van der Waals surface area contributed by atoms with Crippen LogP contribution in [-0.4, -0.2) is 19.6 Å². The van der Waals surface area contributed by atoms with Crippen LogP contribution in [0.5, 0.6) is 0 Å². The van der Waals surface area contributed by atoms with Crippen molar-refractivity contribution in [2.45, 2.75) is 27.2 Å². The first-order valence-electron chi connectivity index (χ1n) is 6.00. The molecular formula is C14H24N2. The van der Waals surface area contributed by atoms with Crippen molar-refractivity contribution in [1.29, 1.82) is 0 Å². The van der Waals surface area contributed by atoms with Gasteiger partial charge in [0.05, 0.1) is 0 Å². The predicted molar refractivity (Wildman–Crippen MR) is 70.6 cm³/mol. The molecule has 0 aromatic heterocycles. The minimum atomic E-state index is 0.200. The zero-order valence-electron chi connectivity index (χ0n) is 10.7. The van der Waals surface area contributed by atoms with Crippen LogP contribution in [0.3, 0.4) is 0 Å². The smallest absolute Gasteiger partial charge is 0.00147 e. The molecule has 2 nitrogen and oxygen atoms in total. The Morgan fingerprint density at radius 1 is 1.25 bits per heavy atom. The van der Waals surface area contributed by atoms with Gasteiger partial charge in [0.2, 0.25) is 0 Å². The van der Waals surface area contributed by atoms with E-state index in [0.717, 1.165) is 26.1 Å². The van der Waals surface area contributed by atoms with Crippen LogP contribution < -0.4 is 11.1 Å². The quantitative estimate of drug-likeness (QED) is 0.721. The lowest BCUT2D eigenvalue weighted by atomic mass is 9.94. The van der Waals surface area contributed by atoms with E-state index in [1.165, 1.54) is 11.1 Å². The topological polar surface area (TPSA) is 38.0 Å². The number of nitrogens with one attached hydrogen (secondary N) is 1. The summed E-state index contributed by atoms with van der Waals surface area (Å²) in [4.78, 5) is 0. The van der Waals surface area contributed by atoms with Crippen LogP contribution in [0, 0.1) is 12.3 Å². The molecular weight excluding hydrogens is 196 g/mol. The Kier molecular flexibility index (Phi) is 4.97. The Bertz CT molecular complexity index is 318. The molecule has 0 aliphatic carbocycles. The summed E-state index contributed by atoms with van der Waals surface area (Å²) in [7, 11) is 0. The molecule has 1 rings (SSSR count). The van der Waals surface area contributed by atoms with Gasteiger partial charge in [-0.1, -0.05) is 38.1 Å². The molecule has 0 bridgehead atoms. The van der Waals surface area contributed by atoms with Crippen molar-refractivity contribution < 1.29 is 0 Å². The van der Waals surface area contributed by atoms with Crippen molar-refractivity contribution in [3.05, 3.63) is 35.4 Å². The second kappa shape index (κ2) is 6.02. The number of rotatable bonds is 6. The predicted octanol–water partition coefficient (Wildman–Crippen LogP) is 2.11. The van der Waals surface area contributed by atoms with Crippen molar-refractivity contribution in [1.82, 2.24) is 5.32 Å². The molecule has 0 unspecified atom stereocenters. The van der Waals surface area contributed by atoms with Crippen LogP contribution in [0.2, 0.25) is 0 Å². The van der Waals surface area contributed by atoms with Gasteiger partial charge >= 0.3 is 0 Å². The van der Waals surface area contributed by atoms with Crippen molar-refractivity contribution in [3.63, 3.8) is 0 Å². The maximum absolute atomic E-state index is 5.68. The summed E-state index contributed by atoms with van der Waals surface area (Å²) in [5.74, 6) is 0. The van der Waals surface area contributed by atoms with Gasteiger partial charge in [-0.05, 0) is 43.0 Å². The highest BCUT2D eigenvalue weighted by molar-refractivity contribution is 5.25. The summed E-state index contributed by atoms with van der Waals surface area (Å²) in [5, 5.41) is 3.47. The number of hydrogen-bond donors (Lipinski definition) is 2. The van der Waals surface area contributed by atoms with Gasteiger partial charge in [-0.25, -0.2) is 0 Å². The van der Waals surface area contributed by atoms with Crippen LogP contribution in [0.1, 0.15) is 25.0 Å². The zero-order chi connectivity index (χ0) is 12.0. The van der Waals surface area contributed by atoms with Crippen LogP contribution in [0.4, 0.5) is 0 Å². The van der Waals surface area contributed by atoms with E-state index in [9.17, 15) is 0 Å². The Labute approximate surface area is 99.2 Å². The largest absolute Gasteiger partial charge is 0.330 e. The van der Waals surface area contributed by atoms with Gasteiger partial charge in [0.25, 0.3) is 0 Å². The first kappa shape index (κ1) is 13.2. The molecule has 0 spiro atoms. The molecule has 0 amide bonds. The van der Waals surface area contributed by atoms with Crippen LogP contribution in [0.15, 0.2) is 24.3 Å². The molecule has 0 atom stereocenters. The lowest BCUT2D eigenvalue weighted by molar-refractivity contribution is 0.353. The van der Waals surface area contributed by atoms with Gasteiger partial charge in [-0.2, -0.15) is 0 Å². The Morgan fingerprint density at radius 3 is 2.56 bits per heavy atom. The fraction of sp³-hybridized carbons (Fsp3) is 0.571. The zero-order valence-corrected chi connectivity index (χ0v) is 10.7. The van der Waals surface area contributed by atoms with Gasteiger partial charge < -0.3 is 11.1 Å². The molecule has 90 valence electrons. The highest BCUT2D eigenvalue weighted by Crippen LogP contribution is 2.10. The second-order valence-electron chi connectivity index (χ2n) is 5.22. The molecule has 1 aromatic carbocycles. The van der Waals surface area contributed by atoms with Crippen LogP contribution >= 0.6 is 0 Å². The molecule has 0 saturated heterocycles. The minimum absolute atomic E-state index is 0.200. The van der Waals surface area contributed by atoms with E-state index in [-0.39, 0.29) is 5.41 Å². The van der Waals surface area contributed by atoms with Crippen molar-refractivity contribution >= 4 is 0 Å². The first-order chi connectivity index (χ1) is 7.55. The average Bonchev–Trinajstić information content (AvgIpc) is 2.27. The first-order valence-corrected chi connectivity index (χ1v) is 6.00. The summed E-state index contributed by atoms with van der Waals surface area (Å²) in [6, 6.07) is 8.56. The van der Waals surface area contributed by atoms with Crippen molar-refractivity contribution in [3.8, 4) is 0 Å². The average molecular weight is 220 g/mol. The summed E-state index contributed by atoms with van der Waals surface area (Å²) >= 11 is 0. The molecule has 0 saturated carbocycles. The molecule has 0 aliphatic rings. The van der Waals surface area contributed by atoms with Gasteiger partial charge in [-0.15, -0.1) is 0 Å². The van der Waals surface area contributed by atoms with E-state index < -0.39 is 0 Å². The summed E-state index contributed by atoms with van der Waals surface area (Å²) in [6.07, 6.45) is 1.09. The standard InChI is InChI=1S/C14H24N2/c1-12-6-4-5-7-13(12)8-9-16-11-14(2,3)10-15/h4-7,16H,8-11,15H2,1-3H3. The molecule has 0 fully saturated rings. The monoisotopic (exact) mass is 220 g/mol. The molecule has 0 heterocycles. The van der Waals surface area contributed by atoms with E-state index in [4.69, 9.17) is 5.73 Å². The highest BCUT2D eigenvalue weighted by Gasteiger charge is 2.14. The molecule has 3 N–H and O–H groups in total. The van der Waals surface area contributed by atoms with E-state index >= 15 is 0 Å². The SMILES string of the molecule is Cc1ccccc1CCNCC(C)(C)CN. The summed E-state index contributed by atoms with van der Waals surface area (Å²) in [6.45, 7) is 9.27. The van der Waals surface area contributed by atoms with Crippen LogP contribution in [-0.2, 0) is 6.42 Å². The van der Waals surface area contributed by atoms with E-state index in [1.807, 2.05) is 0 Å². The molecule has 1 aromatic rings. The Morgan fingerprint density at radius 2 is 1.94 bits per heavy atom. The second-order valence-corrected chi connectivity index (χ2v) is 5.22. The highest BCUT2D eigenvalue weighted by atomic mass is 14.9. The third kappa shape index (κ3) is 4.33. The van der Waals surface area contributed by atoms with E-state index in [0.29, 0.717) is 0 Å². The molecule has 16 heavy (non-hydrogen) atoms. The summed E-state index contributed by atoms with van der Waals surface area (Å²) in [5.41, 5.74) is 8.69. The van der Waals surface area contributed by atoms with Crippen molar-refractivity contribution in [2.75, 3.05) is 19.6 Å². The van der Waals surface area contributed by atoms with Gasteiger partial charge in [0, 0.05) is 6.54 Å². The maximum Gasteiger partial charge on any atom is 0.00147 e. The molecule has 0 aliphatic heterocycles. The Balaban J connectivity index is 2.29.